The molecule has 1 heterocycles. The van der Waals surface area contributed by atoms with Crippen molar-refractivity contribution in [1.29, 1.82) is 0 Å². The predicted molar refractivity (Wildman–Crippen MR) is 68.5 cm³/mol. The molecule has 0 fully saturated rings. The molecule has 0 radical (unpaired) electrons. The van der Waals surface area contributed by atoms with Crippen LogP contribution >= 0.6 is 0 Å². The number of aryl methyl sites for hydroxylation is 1. The Morgan fingerprint density at radius 2 is 2.16 bits per heavy atom. The maximum atomic E-state index is 12.9. The summed E-state index contributed by atoms with van der Waals surface area (Å²) in [4.78, 5) is 11.2. The fraction of sp³-hybridized carbons (Fsp3) is 0.214. The van der Waals surface area contributed by atoms with E-state index in [4.69, 9.17) is 4.42 Å². The summed E-state index contributed by atoms with van der Waals surface area (Å²) in [5, 5.41) is 3.11. The van der Waals surface area contributed by atoms with Crippen LogP contribution in [-0.4, -0.2) is 13.1 Å². The van der Waals surface area contributed by atoms with Gasteiger partial charge in [0.05, 0.1) is 13.7 Å². The maximum Gasteiger partial charge on any atom is 0.373 e. The molecule has 0 unspecified atom stereocenters. The van der Waals surface area contributed by atoms with E-state index in [-0.39, 0.29) is 11.6 Å². The van der Waals surface area contributed by atoms with Crippen LogP contribution in [0.1, 0.15) is 21.9 Å². The molecule has 1 aromatic carbocycles. The van der Waals surface area contributed by atoms with E-state index in [2.05, 4.69) is 10.1 Å². The van der Waals surface area contributed by atoms with Gasteiger partial charge in [-0.1, -0.05) is 0 Å². The lowest BCUT2D eigenvalue weighted by molar-refractivity contribution is 0.0563. The summed E-state index contributed by atoms with van der Waals surface area (Å²) >= 11 is 0. The summed E-state index contributed by atoms with van der Waals surface area (Å²) in [6, 6.07) is 7.75. The molecule has 5 heteroatoms. The molecule has 0 atom stereocenters. The molecule has 0 aliphatic heterocycles. The normalized spacial score (nSPS) is 10.3. The minimum absolute atomic E-state index is 0.162. The van der Waals surface area contributed by atoms with Crippen LogP contribution in [-0.2, 0) is 11.3 Å². The lowest BCUT2D eigenvalue weighted by atomic mass is 10.2. The Bertz CT molecular complexity index is 592. The Kier molecular flexibility index (Phi) is 3.85. The quantitative estimate of drug-likeness (QED) is 0.861. The Balaban J connectivity index is 2.02. The van der Waals surface area contributed by atoms with Crippen LogP contribution < -0.4 is 5.32 Å². The number of ether oxygens (including phenoxy) is 1. The molecule has 0 saturated carbocycles. The number of carbonyl (C=O) groups excluding carboxylic acids is 1. The average molecular weight is 263 g/mol. The van der Waals surface area contributed by atoms with Crippen molar-refractivity contribution in [2.75, 3.05) is 12.4 Å². The van der Waals surface area contributed by atoms with Crippen molar-refractivity contribution in [3.05, 3.63) is 53.2 Å². The van der Waals surface area contributed by atoms with E-state index in [0.29, 0.717) is 12.3 Å². The molecule has 19 heavy (non-hydrogen) atoms. The standard InChI is InChI=1S/C14H14FNO3/c1-9-7-10(15)3-5-12(9)16-8-11-4-6-13(19-11)14(17)18-2/h3-7,16H,8H2,1-2H3. The topological polar surface area (TPSA) is 51.5 Å². The van der Waals surface area contributed by atoms with Gasteiger partial charge in [-0.15, -0.1) is 0 Å². The van der Waals surface area contributed by atoms with Crippen molar-refractivity contribution in [1.82, 2.24) is 0 Å². The number of carbonyl (C=O) groups is 1. The van der Waals surface area contributed by atoms with Gasteiger partial charge in [0.15, 0.2) is 0 Å². The molecule has 2 aromatic rings. The fourth-order valence-corrected chi connectivity index (χ4v) is 1.69. The molecular weight excluding hydrogens is 249 g/mol. The highest BCUT2D eigenvalue weighted by Crippen LogP contribution is 2.17. The van der Waals surface area contributed by atoms with Gasteiger partial charge >= 0.3 is 5.97 Å². The highest BCUT2D eigenvalue weighted by molar-refractivity contribution is 5.86. The smallest absolute Gasteiger partial charge is 0.373 e. The number of hydrogen-bond donors (Lipinski definition) is 1. The van der Waals surface area contributed by atoms with Gasteiger partial charge in [-0.3, -0.25) is 0 Å². The Morgan fingerprint density at radius 3 is 2.84 bits per heavy atom. The first-order valence-electron chi connectivity index (χ1n) is 5.77. The molecular formula is C14H14FNO3. The Morgan fingerprint density at radius 1 is 1.37 bits per heavy atom. The van der Waals surface area contributed by atoms with E-state index in [9.17, 15) is 9.18 Å². The van der Waals surface area contributed by atoms with E-state index >= 15 is 0 Å². The summed E-state index contributed by atoms with van der Waals surface area (Å²) in [6.45, 7) is 2.22. The third-order valence-electron chi connectivity index (χ3n) is 2.69. The summed E-state index contributed by atoms with van der Waals surface area (Å²) in [6.07, 6.45) is 0. The van der Waals surface area contributed by atoms with Crippen molar-refractivity contribution in [2.24, 2.45) is 0 Å². The van der Waals surface area contributed by atoms with Crippen LogP contribution in [0.5, 0.6) is 0 Å². The van der Waals surface area contributed by atoms with E-state index in [1.54, 1.807) is 18.2 Å². The summed E-state index contributed by atoms with van der Waals surface area (Å²) in [7, 11) is 1.30. The first-order valence-corrected chi connectivity index (χ1v) is 5.77. The zero-order chi connectivity index (χ0) is 13.8. The second-order valence-corrected chi connectivity index (χ2v) is 4.07. The highest BCUT2D eigenvalue weighted by Gasteiger charge is 2.11. The van der Waals surface area contributed by atoms with Crippen molar-refractivity contribution < 1.29 is 18.3 Å². The fourth-order valence-electron chi connectivity index (χ4n) is 1.69. The minimum atomic E-state index is -0.510. The first kappa shape index (κ1) is 13.1. The molecule has 0 aliphatic rings. The van der Waals surface area contributed by atoms with Crippen molar-refractivity contribution in [2.45, 2.75) is 13.5 Å². The van der Waals surface area contributed by atoms with Gasteiger partial charge in [0, 0.05) is 5.69 Å². The number of esters is 1. The molecule has 2 rings (SSSR count). The van der Waals surface area contributed by atoms with Gasteiger partial charge in [0.2, 0.25) is 5.76 Å². The molecule has 0 amide bonds. The molecule has 0 bridgehead atoms. The lowest BCUT2D eigenvalue weighted by Gasteiger charge is -2.07. The van der Waals surface area contributed by atoms with E-state index in [0.717, 1.165) is 11.3 Å². The van der Waals surface area contributed by atoms with Crippen LogP contribution in [0.25, 0.3) is 0 Å². The number of rotatable bonds is 4. The van der Waals surface area contributed by atoms with Crippen LogP contribution in [0.3, 0.4) is 0 Å². The van der Waals surface area contributed by atoms with Crippen LogP contribution in [0.15, 0.2) is 34.7 Å². The van der Waals surface area contributed by atoms with Gasteiger partial charge in [-0.05, 0) is 42.8 Å². The van der Waals surface area contributed by atoms with Crippen LogP contribution in [0.4, 0.5) is 10.1 Å². The second kappa shape index (κ2) is 5.56. The van der Waals surface area contributed by atoms with Gasteiger partial charge in [0.25, 0.3) is 0 Å². The zero-order valence-corrected chi connectivity index (χ0v) is 10.7. The minimum Gasteiger partial charge on any atom is -0.463 e. The number of nitrogens with one attached hydrogen (secondary N) is 1. The first-order chi connectivity index (χ1) is 9.10. The molecule has 0 aliphatic carbocycles. The van der Waals surface area contributed by atoms with E-state index < -0.39 is 5.97 Å². The number of hydrogen-bond acceptors (Lipinski definition) is 4. The molecule has 1 N–H and O–H groups in total. The predicted octanol–water partition coefficient (Wildman–Crippen LogP) is 3.13. The third kappa shape index (κ3) is 3.13. The summed E-state index contributed by atoms with van der Waals surface area (Å²) in [5.74, 6) is -0.0162. The molecule has 100 valence electrons. The SMILES string of the molecule is COC(=O)c1ccc(CNc2ccc(F)cc2C)o1. The van der Waals surface area contributed by atoms with Crippen LogP contribution in [0.2, 0.25) is 0 Å². The van der Waals surface area contributed by atoms with Crippen LogP contribution in [0, 0.1) is 12.7 Å². The van der Waals surface area contributed by atoms with Gasteiger partial charge in [-0.2, -0.15) is 0 Å². The van der Waals surface area contributed by atoms with Crippen molar-refractivity contribution in [3.8, 4) is 0 Å². The van der Waals surface area contributed by atoms with E-state index in [1.807, 2.05) is 6.92 Å². The highest BCUT2D eigenvalue weighted by atomic mass is 19.1. The summed E-state index contributed by atoms with van der Waals surface area (Å²) in [5.41, 5.74) is 1.62. The third-order valence-corrected chi connectivity index (χ3v) is 2.69. The second-order valence-electron chi connectivity index (χ2n) is 4.07. The van der Waals surface area contributed by atoms with Crippen molar-refractivity contribution in [3.63, 3.8) is 0 Å². The molecule has 0 spiro atoms. The Labute approximate surface area is 110 Å². The largest absolute Gasteiger partial charge is 0.463 e. The molecule has 4 nitrogen and oxygen atoms in total. The van der Waals surface area contributed by atoms with E-state index in [1.165, 1.54) is 19.2 Å². The summed E-state index contributed by atoms with van der Waals surface area (Å²) < 4.78 is 22.8. The van der Waals surface area contributed by atoms with Crippen molar-refractivity contribution >= 4 is 11.7 Å². The number of furan rings is 1. The molecule has 1 aromatic heterocycles. The average Bonchev–Trinajstić information content (AvgIpc) is 2.85. The maximum absolute atomic E-state index is 12.9. The number of halogens is 1. The van der Waals surface area contributed by atoms with Gasteiger partial charge in [0.1, 0.15) is 11.6 Å². The zero-order valence-electron chi connectivity index (χ0n) is 10.7. The van der Waals surface area contributed by atoms with Gasteiger partial charge < -0.3 is 14.5 Å². The molecule has 0 saturated heterocycles. The number of benzene rings is 1. The monoisotopic (exact) mass is 263 g/mol. The van der Waals surface area contributed by atoms with Gasteiger partial charge in [-0.25, -0.2) is 9.18 Å². The Hall–Kier alpha value is -2.30. The lowest BCUT2D eigenvalue weighted by Crippen LogP contribution is -2.01. The number of methoxy groups -OCH3 is 1. The number of anilines is 1.